The van der Waals surface area contributed by atoms with Gasteiger partial charge in [-0.25, -0.2) is 12.7 Å². The summed E-state index contributed by atoms with van der Waals surface area (Å²) in [5.41, 5.74) is 0.534. The van der Waals surface area contributed by atoms with Gasteiger partial charge in [-0.3, -0.25) is 4.79 Å². The van der Waals surface area contributed by atoms with Crippen LogP contribution in [-0.4, -0.2) is 63.2 Å². The van der Waals surface area contributed by atoms with Gasteiger partial charge < -0.3 is 13.9 Å². The van der Waals surface area contributed by atoms with Crippen molar-refractivity contribution in [1.82, 2.24) is 24.0 Å². The summed E-state index contributed by atoms with van der Waals surface area (Å²) in [4.78, 5) is 14.3. The van der Waals surface area contributed by atoms with Crippen molar-refractivity contribution in [2.24, 2.45) is 0 Å². The zero-order chi connectivity index (χ0) is 19.9. The second-order valence-electron chi connectivity index (χ2n) is 7.63. The van der Waals surface area contributed by atoms with Crippen LogP contribution in [0.3, 0.4) is 0 Å². The molecule has 1 saturated heterocycles. The summed E-state index contributed by atoms with van der Waals surface area (Å²) in [6.07, 6.45) is 4.42. The molecule has 0 saturated carbocycles. The number of piperidine rings is 1. The van der Waals surface area contributed by atoms with Gasteiger partial charge in [0, 0.05) is 32.1 Å². The molecule has 28 heavy (non-hydrogen) atoms. The quantitative estimate of drug-likeness (QED) is 0.760. The number of hydrogen-bond acceptors (Lipinski definition) is 6. The average molecular weight is 407 g/mol. The number of sulfonamides is 1. The Morgan fingerprint density at radius 2 is 1.93 bits per heavy atom. The minimum Gasteiger partial charge on any atom is -0.472 e. The van der Waals surface area contributed by atoms with Crippen LogP contribution in [0.4, 0.5) is 0 Å². The predicted molar refractivity (Wildman–Crippen MR) is 101 cm³/mol. The Morgan fingerprint density at radius 1 is 1.18 bits per heavy atom. The Hall–Kier alpha value is -2.20. The number of rotatable bonds is 4. The number of nitrogens with zero attached hydrogens (tertiary/aromatic N) is 5. The average Bonchev–Trinajstić information content (AvgIpc) is 3.37. The third kappa shape index (κ3) is 3.35. The minimum absolute atomic E-state index is 0.0725. The van der Waals surface area contributed by atoms with Gasteiger partial charge in [-0.2, -0.15) is 0 Å². The van der Waals surface area contributed by atoms with Gasteiger partial charge in [-0.15, -0.1) is 10.2 Å². The highest BCUT2D eigenvalue weighted by Gasteiger charge is 2.34. The van der Waals surface area contributed by atoms with Gasteiger partial charge >= 0.3 is 0 Å². The number of fused-ring (bicyclic) bond motifs is 1. The largest absolute Gasteiger partial charge is 0.472 e. The number of furan rings is 1. The van der Waals surface area contributed by atoms with E-state index in [-0.39, 0.29) is 11.8 Å². The smallest absolute Gasteiger partial charge is 0.257 e. The summed E-state index contributed by atoms with van der Waals surface area (Å²) >= 11 is 0. The Morgan fingerprint density at radius 3 is 2.57 bits per heavy atom. The molecular formula is C18H25N5O4S. The molecule has 2 aromatic heterocycles. The van der Waals surface area contributed by atoms with E-state index in [2.05, 4.69) is 14.8 Å². The van der Waals surface area contributed by atoms with E-state index in [9.17, 15) is 13.2 Å². The van der Waals surface area contributed by atoms with E-state index in [1.807, 2.05) is 0 Å². The van der Waals surface area contributed by atoms with Crippen LogP contribution in [0, 0.1) is 0 Å². The zero-order valence-electron chi connectivity index (χ0n) is 16.1. The third-order valence-corrected chi connectivity index (χ3v) is 7.89. The molecule has 4 heterocycles. The van der Waals surface area contributed by atoms with Crippen molar-refractivity contribution in [1.29, 1.82) is 0 Å². The Bertz CT molecular complexity index is 943. The molecule has 0 spiro atoms. The van der Waals surface area contributed by atoms with Crippen LogP contribution in [-0.2, 0) is 23.1 Å². The second kappa shape index (κ2) is 7.32. The fourth-order valence-electron chi connectivity index (χ4n) is 3.89. The van der Waals surface area contributed by atoms with E-state index >= 15 is 0 Å². The number of amides is 1. The van der Waals surface area contributed by atoms with Crippen LogP contribution >= 0.6 is 0 Å². The summed E-state index contributed by atoms with van der Waals surface area (Å²) in [5, 5.41) is 8.30. The fraction of sp³-hybridized carbons (Fsp3) is 0.611. The van der Waals surface area contributed by atoms with Gasteiger partial charge in [0.25, 0.3) is 5.91 Å². The number of hydrogen-bond donors (Lipinski definition) is 0. The van der Waals surface area contributed by atoms with Gasteiger partial charge in [-0.05, 0) is 32.8 Å². The molecule has 152 valence electrons. The summed E-state index contributed by atoms with van der Waals surface area (Å²) in [6.45, 7) is 6.10. The summed E-state index contributed by atoms with van der Waals surface area (Å²) < 4.78 is 33.4. The highest BCUT2D eigenvalue weighted by atomic mass is 32.2. The van der Waals surface area contributed by atoms with Crippen molar-refractivity contribution >= 4 is 15.9 Å². The van der Waals surface area contributed by atoms with Gasteiger partial charge in [0.1, 0.15) is 12.1 Å². The number of carbonyl (C=O) groups excluding carboxylic acids is 1. The molecule has 1 fully saturated rings. The molecule has 1 amide bonds. The zero-order valence-corrected chi connectivity index (χ0v) is 16.9. The lowest BCUT2D eigenvalue weighted by Crippen LogP contribution is -2.42. The lowest BCUT2D eigenvalue weighted by molar-refractivity contribution is 0.0705. The highest BCUT2D eigenvalue weighted by Crippen LogP contribution is 2.30. The van der Waals surface area contributed by atoms with E-state index in [1.165, 1.54) is 12.5 Å². The molecule has 0 radical (unpaired) electrons. The molecule has 0 unspecified atom stereocenters. The predicted octanol–water partition coefficient (Wildman–Crippen LogP) is 1.44. The first-order valence-electron chi connectivity index (χ1n) is 9.60. The van der Waals surface area contributed by atoms with E-state index in [0.29, 0.717) is 38.3 Å². The minimum atomic E-state index is -3.21. The standard InChI is InChI=1S/C18H25N5O4S/c1-13(2)28(25,26)22-6-3-14(4-7-22)17-20-19-16-11-21(8-9-23(16)17)18(24)15-5-10-27-12-15/h5,10,12-14H,3-4,6-9,11H2,1-2H3. The molecule has 0 atom stereocenters. The van der Waals surface area contributed by atoms with Crippen molar-refractivity contribution in [2.45, 2.75) is 50.9 Å². The van der Waals surface area contributed by atoms with Gasteiger partial charge in [0.05, 0.1) is 23.6 Å². The van der Waals surface area contributed by atoms with Crippen LogP contribution in [0.1, 0.15) is 54.6 Å². The van der Waals surface area contributed by atoms with E-state index < -0.39 is 15.3 Å². The Kier molecular flexibility index (Phi) is 5.00. The van der Waals surface area contributed by atoms with Gasteiger partial charge in [0.2, 0.25) is 10.0 Å². The van der Waals surface area contributed by atoms with Crippen LogP contribution in [0.15, 0.2) is 23.0 Å². The Labute approximate surface area is 164 Å². The molecule has 0 bridgehead atoms. The van der Waals surface area contributed by atoms with Crippen LogP contribution in [0.2, 0.25) is 0 Å². The normalized spacial score (nSPS) is 19.2. The molecule has 0 aromatic carbocycles. The fourth-order valence-corrected chi connectivity index (χ4v) is 5.21. The second-order valence-corrected chi connectivity index (χ2v) is 10.1. The van der Waals surface area contributed by atoms with Crippen LogP contribution < -0.4 is 0 Å². The molecule has 4 rings (SSSR count). The highest BCUT2D eigenvalue weighted by molar-refractivity contribution is 7.89. The van der Waals surface area contributed by atoms with Crippen molar-refractivity contribution in [3.63, 3.8) is 0 Å². The summed E-state index contributed by atoms with van der Waals surface area (Å²) in [7, 11) is -3.21. The van der Waals surface area contributed by atoms with E-state index in [4.69, 9.17) is 4.42 Å². The maximum absolute atomic E-state index is 12.5. The monoisotopic (exact) mass is 407 g/mol. The first kappa shape index (κ1) is 19.1. The SMILES string of the molecule is CC(C)S(=O)(=O)N1CCC(c2nnc3n2CCN(C(=O)c2ccoc2)C3)CC1. The lowest BCUT2D eigenvalue weighted by atomic mass is 9.97. The maximum atomic E-state index is 12.5. The molecule has 0 N–H and O–H groups in total. The molecular weight excluding hydrogens is 382 g/mol. The summed E-state index contributed by atoms with van der Waals surface area (Å²) in [6, 6.07) is 1.66. The van der Waals surface area contributed by atoms with Crippen LogP contribution in [0.5, 0.6) is 0 Å². The van der Waals surface area contributed by atoms with Crippen molar-refractivity contribution in [3.8, 4) is 0 Å². The third-order valence-electron chi connectivity index (χ3n) is 5.61. The number of carbonyl (C=O) groups is 1. The topological polar surface area (TPSA) is 102 Å². The van der Waals surface area contributed by atoms with E-state index in [0.717, 1.165) is 24.5 Å². The number of aromatic nitrogens is 3. The molecule has 2 aliphatic heterocycles. The lowest BCUT2D eigenvalue weighted by Gasteiger charge is -2.33. The van der Waals surface area contributed by atoms with Crippen molar-refractivity contribution < 1.29 is 17.6 Å². The Balaban J connectivity index is 1.44. The maximum Gasteiger partial charge on any atom is 0.257 e. The molecule has 10 heteroatoms. The van der Waals surface area contributed by atoms with E-state index in [1.54, 1.807) is 29.1 Å². The molecule has 2 aromatic rings. The van der Waals surface area contributed by atoms with Gasteiger partial charge in [-0.1, -0.05) is 0 Å². The first-order chi connectivity index (χ1) is 13.4. The van der Waals surface area contributed by atoms with Crippen molar-refractivity contribution in [2.75, 3.05) is 19.6 Å². The molecule has 2 aliphatic rings. The van der Waals surface area contributed by atoms with Crippen LogP contribution in [0.25, 0.3) is 0 Å². The molecule has 0 aliphatic carbocycles. The molecule has 9 nitrogen and oxygen atoms in total. The first-order valence-corrected chi connectivity index (χ1v) is 11.1. The van der Waals surface area contributed by atoms with Crippen molar-refractivity contribution in [3.05, 3.63) is 35.8 Å². The van der Waals surface area contributed by atoms with Gasteiger partial charge in [0.15, 0.2) is 5.82 Å². The summed E-state index contributed by atoms with van der Waals surface area (Å²) in [5.74, 6) is 1.80.